The van der Waals surface area contributed by atoms with E-state index in [9.17, 15) is 0 Å². The van der Waals surface area contributed by atoms with Gasteiger partial charge in [0.15, 0.2) is 0 Å². The summed E-state index contributed by atoms with van der Waals surface area (Å²) in [5.41, 5.74) is 5.78. The second-order valence-electron chi connectivity index (χ2n) is 3.20. The molecule has 2 unspecified atom stereocenters. The molecule has 1 heterocycles. The highest BCUT2D eigenvalue weighted by atomic mass is 35.5. The first kappa shape index (κ1) is 10.2. The van der Waals surface area contributed by atoms with Crippen molar-refractivity contribution >= 4 is 12.4 Å². The minimum Gasteiger partial charge on any atom is -0.328 e. The van der Waals surface area contributed by atoms with Crippen molar-refractivity contribution in [1.29, 1.82) is 0 Å². The maximum atomic E-state index is 5.78. The van der Waals surface area contributed by atoms with Crippen LogP contribution in [0, 0.1) is 0 Å². The van der Waals surface area contributed by atoms with Gasteiger partial charge in [-0.3, -0.25) is 0 Å². The Balaban J connectivity index is 0.000000810. The first-order valence-electron chi connectivity index (χ1n) is 3.70. The van der Waals surface area contributed by atoms with Crippen molar-refractivity contribution in [3.05, 3.63) is 0 Å². The zero-order valence-corrected chi connectivity index (χ0v) is 7.45. The first-order valence-corrected chi connectivity index (χ1v) is 3.70. The number of hydrogen-bond acceptors (Lipinski definition) is 2. The highest BCUT2D eigenvalue weighted by molar-refractivity contribution is 5.85. The van der Waals surface area contributed by atoms with Crippen molar-refractivity contribution in [2.45, 2.75) is 44.8 Å². The van der Waals surface area contributed by atoms with E-state index >= 15 is 0 Å². The van der Waals surface area contributed by atoms with Crippen LogP contribution in [-0.4, -0.2) is 18.1 Å². The first-order chi connectivity index (χ1) is 4.18. The molecule has 3 heteroatoms. The Kier molecular flexibility index (Phi) is 4.25. The summed E-state index contributed by atoms with van der Waals surface area (Å²) in [6.45, 7) is 4.38. The largest absolute Gasteiger partial charge is 0.328 e. The molecular weight excluding hydrogens is 148 g/mol. The quantitative estimate of drug-likeness (QED) is 0.559. The minimum atomic E-state index is 0. The molecule has 0 spiro atoms. The molecule has 0 amide bonds. The lowest BCUT2D eigenvalue weighted by molar-refractivity contribution is 0.317. The Labute approximate surface area is 69.0 Å². The van der Waals surface area contributed by atoms with Crippen LogP contribution in [0.5, 0.6) is 0 Å². The maximum Gasteiger partial charge on any atom is 0.00682 e. The topological polar surface area (TPSA) is 38.0 Å². The lowest BCUT2D eigenvalue weighted by atomic mass is 9.96. The van der Waals surface area contributed by atoms with Gasteiger partial charge < -0.3 is 11.1 Å². The molecule has 1 fully saturated rings. The van der Waals surface area contributed by atoms with E-state index in [0.717, 1.165) is 12.8 Å². The molecule has 62 valence electrons. The van der Waals surface area contributed by atoms with Crippen LogP contribution in [0.4, 0.5) is 0 Å². The number of halogens is 1. The molecule has 2 nitrogen and oxygen atoms in total. The summed E-state index contributed by atoms with van der Waals surface area (Å²) in [6, 6.07) is 1.66. The Bertz CT molecular complexity index is 72.6. The Morgan fingerprint density at radius 3 is 1.90 bits per heavy atom. The SMILES string of the molecule is CC1CC(N)CC(C)N1.Cl. The second kappa shape index (κ2) is 4.16. The van der Waals surface area contributed by atoms with E-state index < -0.39 is 0 Å². The van der Waals surface area contributed by atoms with Gasteiger partial charge in [-0.2, -0.15) is 0 Å². The number of piperidine rings is 1. The summed E-state index contributed by atoms with van der Waals surface area (Å²) < 4.78 is 0. The fourth-order valence-corrected chi connectivity index (χ4v) is 1.63. The fourth-order valence-electron chi connectivity index (χ4n) is 1.63. The van der Waals surface area contributed by atoms with Gasteiger partial charge >= 0.3 is 0 Å². The monoisotopic (exact) mass is 164 g/mol. The molecule has 0 aromatic carbocycles. The standard InChI is InChI=1S/C7H16N2.ClH/c1-5-3-7(8)4-6(2)9-5;/h5-7,9H,3-4,8H2,1-2H3;1H. The van der Waals surface area contributed by atoms with Gasteiger partial charge in [0.05, 0.1) is 0 Å². The van der Waals surface area contributed by atoms with E-state index in [1.807, 2.05) is 0 Å². The van der Waals surface area contributed by atoms with Crippen LogP contribution in [0.1, 0.15) is 26.7 Å². The number of rotatable bonds is 0. The Hall–Kier alpha value is 0.210. The van der Waals surface area contributed by atoms with Crippen molar-refractivity contribution in [1.82, 2.24) is 5.32 Å². The summed E-state index contributed by atoms with van der Waals surface area (Å²) in [7, 11) is 0. The second-order valence-corrected chi connectivity index (χ2v) is 3.20. The van der Waals surface area contributed by atoms with Gasteiger partial charge in [-0.25, -0.2) is 0 Å². The van der Waals surface area contributed by atoms with Gasteiger partial charge in [-0.1, -0.05) is 0 Å². The van der Waals surface area contributed by atoms with Crippen LogP contribution in [-0.2, 0) is 0 Å². The van der Waals surface area contributed by atoms with Crippen LogP contribution in [0.25, 0.3) is 0 Å². The third kappa shape index (κ3) is 2.86. The summed E-state index contributed by atoms with van der Waals surface area (Å²) in [4.78, 5) is 0. The van der Waals surface area contributed by atoms with Crippen LogP contribution in [0.2, 0.25) is 0 Å². The van der Waals surface area contributed by atoms with Gasteiger partial charge in [-0.05, 0) is 26.7 Å². The van der Waals surface area contributed by atoms with Gasteiger partial charge in [0.25, 0.3) is 0 Å². The highest BCUT2D eigenvalue weighted by Crippen LogP contribution is 2.10. The van der Waals surface area contributed by atoms with Crippen LogP contribution < -0.4 is 11.1 Å². The van der Waals surface area contributed by atoms with Gasteiger partial charge in [0.2, 0.25) is 0 Å². The molecule has 1 saturated heterocycles. The third-order valence-electron chi connectivity index (χ3n) is 1.88. The van der Waals surface area contributed by atoms with Crippen molar-refractivity contribution in [2.75, 3.05) is 0 Å². The molecule has 0 bridgehead atoms. The van der Waals surface area contributed by atoms with Crippen molar-refractivity contribution in [2.24, 2.45) is 5.73 Å². The van der Waals surface area contributed by atoms with E-state index in [1.165, 1.54) is 0 Å². The molecule has 0 aliphatic carbocycles. The molecule has 0 radical (unpaired) electrons. The molecule has 0 aromatic heterocycles. The van der Waals surface area contributed by atoms with Crippen molar-refractivity contribution in [3.63, 3.8) is 0 Å². The van der Waals surface area contributed by atoms with Crippen LogP contribution >= 0.6 is 12.4 Å². The van der Waals surface area contributed by atoms with Gasteiger partial charge in [0.1, 0.15) is 0 Å². The summed E-state index contributed by atoms with van der Waals surface area (Å²) in [5.74, 6) is 0. The molecule has 1 aliphatic rings. The summed E-state index contributed by atoms with van der Waals surface area (Å²) >= 11 is 0. The Morgan fingerprint density at radius 2 is 1.60 bits per heavy atom. The minimum absolute atomic E-state index is 0. The molecule has 2 atom stereocenters. The average Bonchev–Trinajstić information content (AvgIpc) is 1.59. The number of nitrogens with two attached hydrogens (primary N) is 1. The average molecular weight is 165 g/mol. The third-order valence-corrected chi connectivity index (χ3v) is 1.88. The zero-order chi connectivity index (χ0) is 6.85. The molecule has 1 aliphatic heterocycles. The van der Waals surface area contributed by atoms with E-state index in [4.69, 9.17) is 5.73 Å². The number of hydrogen-bond donors (Lipinski definition) is 2. The normalized spacial score (nSPS) is 40.5. The molecule has 10 heavy (non-hydrogen) atoms. The smallest absolute Gasteiger partial charge is 0.00682 e. The Morgan fingerprint density at radius 1 is 1.20 bits per heavy atom. The molecule has 0 aromatic rings. The highest BCUT2D eigenvalue weighted by Gasteiger charge is 2.19. The predicted octanol–water partition coefficient (Wildman–Crippen LogP) is 0.896. The van der Waals surface area contributed by atoms with Gasteiger partial charge in [-0.15, -0.1) is 12.4 Å². The maximum absolute atomic E-state index is 5.78. The van der Waals surface area contributed by atoms with Crippen molar-refractivity contribution < 1.29 is 0 Å². The van der Waals surface area contributed by atoms with E-state index in [1.54, 1.807) is 0 Å². The summed E-state index contributed by atoms with van der Waals surface area (Å²) in [6.07, 6.45) is 2.26. The van der Waals surface area contributed by atoms with E-state index in [-0.39, 0.29) is 12.4 Å². The lowest BCUT2D eigenvalue weighted by Crippen LogP contribution is -2.47. The number of nitrogens with one attached hydrogen (secondary N) is 1. The molecule has 0 saturated carbocycles. The summed E-state index contributed by atoms with van der Waals surface area (Å²) in [5, 5.41) is 3.43. The van der Waals surface area contributed by atoms with E-state index in [0.29, 0.717) is 18.1 Å². The zero-order valence-electron chi connectivity index (χ0n) is 6.63. The predicted molar refractivity (Wildman–Crippen MR) is 46.5 cm³/mol. The lowest BCUT2D eigenvalue weighted by Gasteiger charge is -2.30. The van der Waals surface area contributed by atoms with Crippen molar-refractivity contribution in [3.8, 4) is 0 Å². The molecule has 1 rings (SSSR count). The molecule has 3 N–H and O–H groups in total. The molecular formula is C7H17ClN2. The van der Waals surface area contributed by atoms with Crippen LogP contribution in [0.3, 0.4) is 0 Å². The van der Waals surface area contributed by atoms with E-state index in [2.05, 4.69) is 19.2 Å². The van der Waals surface area contributed by atoms with Gasteiger partial charge in [0, 0.05) is 18.1 Å². The van der Waals surface area contributed by atoms with Crippen LogP contribution in [0.15, 0.2) is 0 Å². The fraction of sp³-hybridized carbons (Fsp3) is 1.00.